The summed E-state index contributed by atoms with van der Waals surface area (Å²) in [6.07, 6.45) is 2.73. The number of carbonyl (C=O) groups is 2. The zero-order chi connectivity index (χ0) is 18.7. The van der Waals surface area contributed by atoms with Gasteiger partial charge in [-0.05, 0) is 29.2 Å². The lowest BCUT2D eigenvalue weighted by Crippen LogP contribution is -2.45. The summed E-state index contributed by atoms with van der Waals surface area (Å²) in [5.74, 6) is -0.0242. The quantitative estimate of drug-likeness (QED) is 0.726. The second-order valence-corrected chi connectivity index (χ2v) is 9.75. The van der Waals surface area contributed by atoms with Gasteiger partial charge in [0.25, 0.3) is 0 Å². The third kappa shape index (κ3) is 2.87. The second kappa shape index (κ2) is 5.73. The molecule has 1 heterocycles. The van der Waals surface area contributed by atoms with Gasteiger partial charge in [0.15, 0.2) is 5.78 Å². The van der Waals surface area contributed by atoms with Crippen LogP contribution in [-0.2, 0) is 9.59 Å². The zero-order valence-corrected chi connectivity index (χ0v) is 16.1. The van der Waals surface area contributed by atoms with Crippen molar-refractivity contribution < 1.29 is 9.59 Å². The van der Waals surface area contributed by atoms with E-state index < -0.39 is 0 Å². The summed E-state index contributed by atoms with van der Waals surface area (Å²) >= 11 is 0. The molecule has 1 fully saturated rings. The van der Waals surface area contributed by atoms with Crippen LogP contribution in [0.4, 0.5) is 0 Å². The van der Waals surface area contributed by atoms with Gasteiger partial charge in [0.05, 0.1) is 5.92 Å². The average molecular weight is 349 g/mol. The van der Waals surface area contributed by atoms with Crippen molar-refractivity contribution in [2.24, 2.45) is 21.7 Å². The Morgan fingerprint density at radius 3 is 2.19 bits per heavy atom. The summed E-state index contributed by atoms with van der Waals surface area (Å²) in [7, 11) is 0. The first-order chi connectivity index (χ1) is 12.2. The van der Waals surface area contributed by atoms with Crippen molar-refractivity contribution >= 4 is 17.3 Å². The maximum atomic E-state index is 13.1. The summed E-state index contributed by atoms with van der Waals surface area (Å²) in [5.41, 5.74) is 3.67. The molecule has 0 saturated heterocycles. The van der Waals surface area contributed by atoms with Gasteiger partial charge in [0.2, 0.25) is 0 Å². The number of ketones is 2. The molecular weight excluding hydrogens is 322 g/mol. The van der Waals surface area contributed by atoms with Gasteiger partial charge in [-0.3, -0.25) is 14.6 Å². The number of fused-ring (bicyclic) bond motifs is 1. The molecule has 3 aliphatic rings. The fourth-order valence-corrected chi connectivity index (χ4v) is 5.03. The molecule has 0 radical (unpaired) electrons. The van der Waals surface area contributed by atoms with Gasteiger partial charge < -0.3 is 0 Å². The maximum Gasteiger partial charge on any atom is 0.161 e. The molecule has 1 aliphatic heterocycles. The van der Waals surface area contributed by atoms with Crippen LogP contribution >= 0.6 is 0 Å². The van der Waals surface area contributed by atoms with E-state index in [9.17, 15) is 9.59 Å². The number of nitrogens with zero attached hydrogens (tertiary/aromatic N) is 1. The number of allylic oxidation sites excluding steroid dienone is 2. The van der Waals surface area contributed by atoms with E-state index in [0.717, 1.165) is 35.4 Å². The predicted molar refractivity (Wildman–Crippen MR) is 103 cm³/mol. The standard InChI is InChI=1S/C23H27NO2/c1-22(2)10-15-20(17(25)12-22)19(14-8-6-5-7-9-14)21-16(24-15)11-23(3,4)13-18(21)26/h5-9,19-20H,10-13H2,1-4H3. The molecule has 0 spiro atoms. The Labute approximate surface area is 155 Å². The number of carbonyl (C=O) groups excluding carboxylic acids is 2. The van der Waals surface area contributed by atoms with Crippen LogP contribution < -0.4 is 0 Å². The molecule has 26 heavy (non-hydrogen) atoms. The van der Waals surface area contributed by atoms with Gasteiger partial charge in [-0.15, -0.1) is 0 Å². The van der Waals surface area contributed by atoms with E-state index in [2.05, 4.69) is 39.8 Å². The highest BCUT2D eigenvalue weighted by Gasteiger charge is 2.49. The third-order valence-electron chi connectivity index (χ3n) is 6.00. The van der Waals surface area contributed by atoms with E-state index in [1.165, 1.54) is 0 Å². The summed E-state index contributed by atoms with van der Waals surface area (Å²) in [5, 5.41) is 0. The number of benzene rings is 1. The van der Waals surface area contributed by atoms with Crippen LogP contribution in [-0.4, -0.2) is 17.3 Å². The summed E-state index contributed by atoms with van der Waals surface area (Å²) in [4.78, 5) is 31.2. The SMILES string of the molecule is CC1(C)CC(=O)C2C(=NC3=C(C(=O)CC(C)(C)C3)C2c2ccccc2)C1. The number of rotatable bonds is 1. The highest BCUT2D eigenvalue weighted by atomic mass is 16.1. The van der Waals surface area contributed by atoms with Crippen molar-refractivity contribution in [1.29, 1.82) is 0 Å². The fourth-order valence-electron chi connectivity index (χ4n) is 5.03. The molecule has 1 saturated carbocycles. The zero-order valence-electron chi connectivity index (χ0n) is 16.1. The molecule has 2 unspecified atom stereocenters. The highest BCUT2D eigenvalue weighted by Crippen LogP contribution is 2.51. The molecule has 2 aliphatic carbocycles. The van der Waals surface area contributed by atoms with Crippen molar-refractivity contribution in [2.45, 2.75) is 59.3 Å². The molecule has 4 rings (SSSR count). The van der Waals surface area contributed by atoms with Crippen molar-refractivity contribution in [1.82, 2.24) is 0 Å². The van der Waals surface area contributed by atoms with Crippen LogP contribution in [0.5, 0.6) is 0 Å². The number of hydrogen-bond acceptors (Lipinski definition) is 3. The van der Waals surface area contributed by atoms with Gasteiger partial charge in [0.1, 0.15) is 5.78 Å². The van der Waals surface area contributed by atoms with E-state index in [1.54, 1.807) is 0 Å². The molecule has 0 bridgehead atoms. The Balaban J connectivity index is 1.91. The van der Waals surface area contributed by atoms with Crippen LogP contribution in [0.3, 0.4) is 0 Å². The smallest absolute Gasteiger partial charge is 0.161 e. The first kappa shape index (κ1) is 17.4. The van der Waals surface area contributed by atoms with E-state index in [-0.39, 0.29) is 34.2 Å². The van der Waals surface area contributed by atoms with Crippen LogP contribution in [0.15, 0.2) is 46.6 Å². The van der Waals surface area contributed by atoms with Crippen molar-refractivity contribution in [3.05, 3.63) is 47.2 Å². The summed E-state index contributed by atoms with van der Waals surface area (Å²) < 4.78 is 0. The third-order valence-corrected chi connectivity index (χ3v) is 6.00. The molecule has 0 amide bonds. The number of hydrogen-bond donors (Lipinski definition) is 0. The molecule has 3 heteroatoms. The lowest BCUT2D eigenvalue weighted by atomic mass is 9.60. The largest absolute Gasteiger partial charge is 0.299 e. The van der Waals surface area contributed by atoms with Crippen molar-refractivity contribution in [3.63, 3.8) is 0 Å². The van der Waals surface area contributed by atoms with E-state index in [0.29, 0.717) is 12.8 Å². The minimum Gasteiger partial charge on any atom is -0.299 e. The molecule has 2 atom stereocenters. The summed E-state index contributed by atoms with van der Waals surface area (Å²) in [6.45, 7) is 8.55. The molecule has 3 nitrogen and oxygen atoms in total. The molecule has 1 aromatic carbocycles. The minimum absolute atomic E-state index is 0.0556. The number of aliphatic imine (C=N–C) groups is 1. The summed E-state index contributed by atoms with van der Waals surface area (Å²) in [6, 6.07) is 10.1. The number of Topliss-reactive ketones (excluding diaryl/α,β-unsaturated/α-hetero) is 2. The lowest BCUT2D eigenvalue weighted by Gasteiger charge is -2.44. The molecule has 0 N–H and O–H groups in total. The van der Waals surface area contributed by atoms with Gasteiger partial charge in [0, 0.05) is 35.7 Å². The van der Waals surface area contributed by atoms with Crippen LogP contribution in [0.25, 0.3) is 0 Å². The molecule has 0 aromatic heterocycles. The topological polar surface area (TPSA) is 46.5 Å². The first-order valence-electron chi connectivity index (χ1n) is 9.58. The molecular formula is C23H27NO2. The minimum atomic E-state index is -0.269. The van der Waals surface area contributed by atoms with E-state index >= 15 is 0 Å². The lowest BCUT2D eigenvalue weighted by molar-refractivity contribution is -0.124. The maximum absolute atomic E-state index is 13.1. The van der Waals surface area contributed by atoms with Crippen molar-refractivity contribution in [3.8, 4) is 0 Å². The normalized spacial score (nSPS) is 29.8. The molecule has 136 valence electrons. The average Bonchev–Trinajstić information content (AvgIpc) is 2.51. The Hall–Kier alpha value is -2.03. The first-order valence-corrected chi connectivity index (χ1v) is 9.58. The van der Waals surface area contributed by atoms with E-state index in [4.69, 9.17) is 4.99 Å². The highest BCUT2D eigenvalue weighted by molar-refractivity contribution is 6.13. The van der Waals surface area contributed by atoms with Gasteiger partial charge in [-0.2, -0.15) is 0 Å². The predicted octanol–water partition coefficient (Wildman–Crippen LogP) is 4.87. The van der Waals surface area contributed by atoms with Gasteiger partial charge >= 0.3 is 0 Å². The van der Waals surface area contributed by atoms with Crippen LogP contribution in [0.2, 0.25) is 0 Å². The van der Waals surface area contributed by atoms with Crippen LogP contribution in [0.1, 0.15) is 64.9 Å². The Bertz CT molecular complexity index is 842. The Morgan fingerprint density at radius 1 is 0.846 bits per heavy atom. The Morgan fingerprint density at radius 2 is 1.50 bits per heavy atom. The van der Waals surface area contributed by atoms with Crippen molar-refractivity contribution in [2.75, 3.05) is 0 Å². The second-order valence-electron chi connectivity index (χ2n) is 9.75. The monoisotopic (exact) mass is 349 g/mol. The molecule has 1 aromatic rings. The van der Waals surface area contributed by atoms with E-state index in [1.807, 2.05) is 18.2 Å². The van der Waals surface area contributed by atoms with Crippen LogP contribution in [0, 0.1) is 16.7 Å². The Kier molecular flexibility index (Phi) is 3.83. The fraction of sp³-hybridized carbons (Fsp3) is 0.522. The van der Waals surface area contributed by atoms with Gasteiger partial charge in [-0.25, -0.2) is 0 Å². The van der Waals surface area contributed by atoms with Gasteiger partial charge in [-0.1, -0.05) is 58.0 Å².